The van der Waals surface area contributed by atoms with Gasteiger partial charge in [-0.05, 0) is 18.8 Å². The Morgan fingerprint density at radius 2 is 1.95 bits per heavy atom. The van der Waals surface area contributed by atoms with E-state index in [-0.39, 0.29) is 17.7 Å². The number of carbonyl (C=O) groups is 1. The molecular formula is C15H19FN2O2. The minimum Gasteiger partial charge on any atom is -0.494 e. The highest BCUT2D eigenvalue weighted by Crippen LogP contribution is 2.37. The molecule has 1 aliphatic carbocycles. The summed E-state index contributed by atoms with van der Waals surface area (Å²) in [5, 5.41) is 6.06. The zero-order valence-electron chi connectivity index (χ0n) is 11.5. The molecule has 1 unspecified atom stereocenters. The molecule has 108 valence electrons. The van der Waals surface area contributed by atoms with Gasteiger partial charge in [-0.3, -0.25) is 4.79 Å². The third kappa shape index (κ3) is 2.32. The number of hydrogen-bond donors (Lipinski definition) is 2. The molecule has 0 saturated heterocycles. The minimum absolute atomic E-state index is 0.0611. The van der Waals surface area contributed by atoms with Gasteiger partial charge in [0.15, 0.2) is 11.6 Å². The summed E-state index contributed by atoms with van der Waals surface area (Å²) < 4.78 is 18.6. The van der Waals surface area contributed by atoms with Crippen LogP contribution in [0, 0.1) is 11.7 Å². The second-order valence-corrected chi connectivity index (χ2v) is 5.54. The van der Waals surface area contributed by atoms with Crippen LogP contribution in [0.3, 0.4) is 0 Å². The van der Waals surface area contributed by atoms with Crippen LogP contribution in [0.4, 0.5) is 15.8 Å². The van der Waals surface area contributed by atoms with E-state index in [0.29, 0.717) is 11.6 Å². The van der Waals surface area contributed by atoms with E-state index < -0.39 is 5.82 Å². The van der Waals surface area contributed by atoms with Crippen LogP contribution < -0.4 is 15.4 Å². The maximum atomic E-state index is 13.7. The van der Waals surface area contributed by atoms with Crippen LogP contribution in [-0.2, 0) is 4.79 Å². The van der Waals surface area contributed by atoms with Crippen molar-refractivity contribution in [2.24, 2.45) is 5.92 Å². The molecule has 1 fully saturated rings. The van der Waals surface area contributed by atoms with Crippen LogP contribution in [-0.4, -0.2) is 19.1 Å². The van der Waals surface area contributed by atoms with Gasteiger partial charge in [0.25, 0.3) is 0 Å². The van der Waals surface area contributed by atoms with Gasteiger partial charge in [0.05, 0.1) is 18.5 Å². The van der Waals surface area contributed by atoms with E-state index in [1.807, 2.05) is 0 Å². The third-order valence-electron chi connectivity index (χ3n) is 4.26. The zero-order valence-corrected chi connectivity index (χ0v) is 11.5. The zero-order chi connectivity index (χ0) is 14.1. The van der Waals surface area contributed by atoms with Crippen LogP contribution >= 0.6 is 0 Å². The first-order valence-corrected chi connectivity index (χ1v) is 7.14. The lowest BCUT2D eigenvalue weighted by Gasteiger charge is -2.34. The van der Waals surface area contributed by atoms with Crippen molar-refractivity contribution in [1.29, 1.82) is 0 Å². The minimum atomic E-state index is -0.468. The predicted octanol–water partition coefficient (Wildman–Crippen LogP) is 3.15. The quantitative estimate of drug-likeness (QED) is 0.873. The Morgan fingerprint density at radius 3 is 2.65 bits per heavy atom. The van der Waals surface area contributed by atoms with Gasteiger partial charge < -0.3 is 15.4 Å². The molecular weight excluding hydrogens is 259 g/mol. The van der Waals surface area contributed by atoms with Crippen molar-refractivity contribution in [2.45, 2.75) is 38.1 Å². The molecule has 2 N–H and O–H groups in total. The van der Waals surface area contributed by atoms with Gasteiger partial charge in [0.1, 0.15) is 6.04 Å². The SMILES string of the molecule is COc1cc2c(cc1F)NC(=O)C(C1CCCCC1)N2. The van der Waals surface area contributed by atoms with E-state index in [4.69, 9.17) is 4.74 Å². The number of nitrogens with one attached hydrogen (secondary N) is 2. The summed E-state index contributed by atoms with van der Waals surface area (Å²) in [6.07, 6.45) is 5.74. The Labute approximate surface area is 117 Å². The first kappa shape index (κ1) is 13.2. The van der Waals surface area contributed by atoms with E-state index in [1.165, 1.54) is 32.4 Å². The van der Waals surface area contributed by atoms with Gasteiger partial charge in [-0.15, -0.1) is 0 Å². The Hall–Kier alpha value is -1.78. The van der Waals surface area contributed by atoms with Gasteiger partial charge in [0.2, 0.25) is 5.91 Å². The van der Waals surface area contributed by atoms with Crippen molar-refractivity contribution in [3.8, 4) is 5.75 Å². The summed E-state index contributed by atoms with van der Waals surface area (Å²) in [6.45, 7) is 0. The highest BCUT2D eigenvalue weighted by Gasteiger charge is 2.33. The molecule has 2 aliphatic rings. The highest BCUT2D eigenvalue weighted by atomic mass is 19.1. The fourth-order valence-corrected chi connectivity index (χ4v) is 3.18. The lowest BCUT2D eigenvalue weighted by Crippen LogP contribution is -2.44. The Bertz CT molecular complexity index is 527. The molecule has 1 aliphatic heterocycles. The van der Waals surface area contributed by atoms with Crippen LogP contribution in [0.2, 0.25) is 0 Å². The predicted molar refractivity (Wildman–Crippen MR) is 75.6 cm³/mol. The van der Waals surface area contributed by atoms with Crippen molar-refractivity contribution in [3.63, 3.8) is 0 Å². The summed E-state index contributed by atoms with van der Waals surface area (Å²) in [5.41, 5.74) is 1.22. The van der Waals surface area contributed by atoms with Crippen molar-refractivity contribution in [2.75, 3.05) is 17.7 Å². The van der Waals surface area contributed by atoms with Crippen LogP contribution in [0.15, 0.2) is 12.1 Å². The number of ether oxygens (including phenoxy) is 1. The van der Waals surface area contributed by atoms with Crippen molar-refractivity contribution < 1.29 is 13.9 Å². The highest BCUT2D eigenvalue weighted by molar-refractivity contribution is 6.03. The summed E-state index contributed by atoms with van der Waals surface area (Å²) in [6, 6.07) is 2.69. The topological polar surface area (TPSA) is 50.4 Å². The van der Waals surface area contributed by atoms with E-state index in [9.17, 15) is 9.18 Å². The van der Waals surface area contributed by atoms with Crippen LogP contribution in [0.5, 0.6) is 5.75 Å². The van der Waals surface area contributed by atoms with Crippen molar-refractivity contribution >= 4 is 17.3 Å². The molecule has 0 radical (unpaired) electrons. The maximum Gasteiger partial charge on any atom is 0.247 e. The molecule has 1 amide bonds. The maximum absolute atomic E-state index is 13.7. The molecule has 0 spiro atoms. The van der Waals surface area contributed by atoms with E-state index in [0.717, 1.165) is 18.5 Å². The molecule has 0 bridgehead atoms. The van der Waals surface area contributed by atoms with Gasteiger partial charge in [-0.2, -0.15) is 0 Å². The number of benzene rings is 1. The molecule has 20 heavy (non-hydrogen) atoms. The lowest BCUT2D eigenvalue weighted by molar-refractivity contribution is -0.118. The molecule has 0 aromatic heterocycles. The summed E-state index contributed by atoms with van der Waals surface area (Å²) in [4.78, 5) is 12.2. The van der Waals surface area contributed by atoms with Gasteiger partial charge >= 0.3 is 0 Å². The fourth-order valence-electron chi connectivity index (χ4n) is 3.18. The Balaban J connectivity index is 1.86. The molecule has 3 rings (SSSR count). The first-order valence-electron chi connectivity index (χ1n) is 7.14. The monoisotopic (exact) mass is 278 g/mol. The standard InChI is InChI=1S/C15H19FN2O2/c1-20-13-8-12-11(7-10(13)16)18-15(19)14(17-12)9-5-3-2-4-6-9/h7-9,14,17H,2-6H2,1H3,(H,18,19). The normalized spacial score (nSPS) is 22.7. The molecule has 5 heteroatoms. The lowest BCUT2D eigenvalue weighted by atomic mass is 9.83. The Morgan fingerprint density at radius 1 is 1.20 bits per heavy atom. The number of anilines is 2. The Kier molecular flexibility index (Phi) is 3.51. The third-order valence-corrected chi connectivity index (χ3v) is 4.26. The number of fused-ring (bicyclic) bond motifs is 1. The smallest absolute Gasteiger partial charge is 0.247 e. The number of methoxy groups -OCH3 is 1. The summed E-state index contributed by atoms with van der Waals surface area (Å²) in [7, 11) is 1.44. The van der Waals surface area contributed by atoms with Gasteiger partial charge in [0, 0.05) is 12.1 Å². The van der Waals surface area contributed by atoms with Crippen molar-refractivity contribution in [3.05, 3.63) is 17.9 Å². The molecule has 1 aromatic rings. The van der Waals surface area contributed by atoms with Crippen LogP contribution in [0.1, 0.15) is 32.1 Å². The van der Waals surface area contributed by atoms with Crippen molar-refractivity contribution in [1.82, 2.24) is 0 Å². The number of carbonyl (C=O) groups excluding carboxylic acids is 1. The second-order valence-electron chi connectivity index (χ2n) is 5.54. The number of rotatable bonds is 2. The second kappa shape index (κ2) is 5.31. The first-order chi connectivity index (χ1) is 9.69. The summed E-state index contributed by atoms with van der Waals surface area (Å²) >= 11 is 0. The number of halogens is 1. The molecule has 1 atom stereocenters. The molecule has 1 saturated carbocycles. The van der Waals surface area contributed by atoms with Gasteiger partial charge in [-0.1, -0.05) is 19.3 Å². The average Bonchev–Trinajstić information content (AvgIpc) is 2.47. The fraction of sp³-hybridized carbons (Fsp3) is 0.533. The number of hydrogen-bond acceptors (Lipinski definition) is 3. The van der Waals surface area contributed by atoms with E-state index in [1.54, 1.807) is 6.07 Å². The molecule has 1 aromatic carbocycles. The van der Waals surface area contributed by atoms with E-state index >= 15 is 0 Å². The molecule has 1 heterocycles. The van der Waals surface area contributed by atoms with Gasteiger partial charge in [-0.25, -0.2) is 4.39 Å². The molecule has 4 nitrogen and oxygen atoms in total. The largest absolute Gasteiger partial charge is 0.494 e. The summed E-state index contributed by atoms with van der Waals surface area (Å²) in [5.74, 6) is 0.0150. The van der Waals surface area contributed by atoms with Crippen LogP contribution in [0.25, 0.3) is 0 Å². The van der Waals surface area contributed by atoms with E-state index in [2.05, 4.69) is 10.6 Å². The average molecular weight is 278 g/mol. The number of amides is 1.